The third-order valence-electron chi connectivity index (χ3n) is 3.42. The molecule has 0 bridgehead atoms. The van der Waals surface area contributed by atoms with Crippen LogP contribution in [0.1, 0.15) is 53.9 Å². The molecule has 1 aliphatic heterocycles. The largest absolute Gasteiger partial charge is 0.369 e. The van der Waals surface area contributed by atoms with Crippen molar-refractivity contribution in [3.05, 3.63) is 0 Å². The normalized spacial score (nSPS) is 28.2. The highest BCUT2D eigenvalue weighted by molar-refractivity contribution is 4.94. The minimum atomic E-state index is 0.0652. The first-order chi connectivity index (χ1) is 6.87. The van der Waals surface area contributed by atoms with Gasteiger partial charge in [-0.25, -0.2) is 0 Å². The summed E-state index contributed by atoms with van der Waals surface area (Å²) < 4.78 is 6.09. The van der Waals surface area contributed by atoms with E-state index in [1.807, 2.05) is 0 Å². The molecule has 1 aliphatic rings. The fourth-order valence-corrected chi connectivity index (χ4v) is 2.78. The average Bonchev–Trinajstić information content (AvgIpc) is 2.28. The molecular formula is C13H27NO. The standard InChI is InChI=1S/C13H27NO/c1-6-14-9-7-8-11-10-12(2,3)15-13(11,4)5/h11,14H,6-10H2,1-5H3. The second-order valence-electron chi connectivity index (χ2n) is 5.86. The molecule has 2 heteroatoms. The molecule has 90 valence electrons. The topological polar surface area (TPSA) is 21.3 Å². The summed E-state index contributed by atoms with van der Waals surface area (Å²) in [6.07, 6.45) is 3.75. The molecule has 1 unspecified atom stereocenters. The van der Waals surface area contributed by atoms with E-state index in [2.05, 4.69) is 39.9 Å². The molecule has 1 N–H and O–H groups in total. The van der Waals surface area contributed by atoms with Crippen molar-refractivity contribution in [2.24, 2.45) is 5.92 Å². The van der Waals surface area contributed by atoms with Crippen LogP contribution >= 0.6 is 0 Å². The summed E-state index contributed by atoms with van der Waals surface area (Å²) in [5.41, 5.74) is 0.141. The van der Waals surface area contributed by atoms with E-state index in [9.17, 15) is 0 Å². The van der Waals surface area contributed by atoms with Crippen LogP contribution in [-0.4, -0.2) is 24.3 Å². The summed E-state index contributed by atoms with van der Waals surface area (Å²) >= 11 is 0. The summed E-state index contributed by atoms with van der Waals surface area (Å²) in [5, 5.41) is 3.38. The van der Waals surface area contributed by atoms with Gasteiger partial charge in [0.1, 0.15) is 0 Å². The van der Waals surface area contributed by atoms with Crippen molar-refractivity contribution in [1.29, 1.82) is 0 Å². The lowest BCUT2D eigenvalue weighted by Crippen LogP contribution is -2.29. The molecule has 0 aliphatic carbocycles. The molecule has 1 atom stereocenters. The summed E-state index contributed by atoms with van der Waals surface area (Å²) in [4.78, 5) is 0. The van der Waals surface area contributed by atoms with Gasteiger partial charge in [-0.05, 0) is 66.0 Å². The molecule has 0 aromatic heterocycles. The Morgan fingerprint density at radius 1 is 1.27 bits per heavy atom. The van der Waals surface area contributed by atoms with Crippen LogP contribution in [0.2, 0.25) is 0 Å². The molecule has 1 heterocycles. The molecule has 15 heavy (non-hydrogen) atoms. The first-order valence-electron chi connectivity index (χ1n) is 6.28. The van der Waals surface area contributed by atoms with Gasteiger partial charge in [0, 0.05) is 0 Å². The van der Waals surface area contributed by atoms with E-state index in [-0.39, 0.29) is 11.2 Å². The smallest absolute Gasteiger partial charge is 0.0662 e. The van der Waals surface area contributed by atoms with E-state index < -0.39 is 0 Å². The zero-order chi connectivity index (χ0) is 11.5. The SMILES string of the molecule is CCNCCCC1CC(C)(C)OC1(C)C. The van der Waals surface area contributed by atoms with Crippen molar-refractivity contribution in [3.8, 4) is 0 Å². The van der Waals surface area contributed by atoms with Crippen LogP contribution in [-0.2, 0) is 4.74 Å². The van der Waals surface area contributed by atoms with E-state index in [0.29, 0.717) is 5.92 Å². The molecule has 0 spiro atoms. The predicted molar refractivity (Wildman–Crippen MR) is 65.1 cm³/mol. The van der Waals surface area contributed by atoms with Crippen LogP contribution < -0.4 is 5.32 Å². The Labute approximate surface area is 94.8 Å². The fourth-order valence-electron chi connectivity index (χ4n) is 2.78. The maximum Gasteiger partial charge on any atom is 0.0662 e. The highest BCUT2D eigenvalue weighted by Crippen LogP contribution is 2.43. The average molecular weight is 213 g/mol. The second kappa shape index (κ2) is 4.84. The van der Waals surface area contributed by atoms with E-state index in [0.717, 1.165) is 13.1 Å². The Hall–Kier alpha value is -0.0800. The van der Waals surface area contributed by atoms with E-state index in [1.54, 1.807) is 0 Å². The molecule has 1 fully saturated rings. The summed E-state index contributed by atoms with van der Waals surface area (Å²) in [7, 11) is 0. The molecule has 0 saturated carbocycles. The highest BCUT2D eigenvalue weighted by atomic mass is 16.5. The molecule has 0 aromatic carbocycles. The van der Waals surface area contributed by atoms with Gasteiger partial charge in [0.25, 0.3) is 0 Å². The first-order valence-corrected chi connectivity index (χ1v) is 6.28. The maximum atomic E-state index is 6.09. The maximum absolute atomic E-state index is 6.09. The van der Waals surface area contributed by atoms with E-state index >= 15 is 0 Å². The van der Waals surface area contributed by atoms with Crippen LogP contribution in [0, 0.1) is 5.92 Å². The van der Waals surface area contributed by atoms with Crippen molar-refractivity contribution < 1.29 is 4.74 Å². The van der Waals surface area contributed by atoms with Gasteiger partial charge in [-0.15, -0.1) is 0 Å². The van der Waals surface area contributed by atoms with E-state index in [1.165, 1.54) is 19.3 Å². The number of hydrogen-bond acceptors (Lipinski definition) is 2. The lowest BCUT2D eigenvalue weighted by molar-refractivity contribution is -0.0752. The van der Waals surface area contributed by atoms with Crippen molar-refractivity contribution in [3.63, 3.8) is 0 Å². The molecule has 2 nitrogen and oxygen atoms in total. The molecule has 1 saturated heterocycles. The Morgan fingerprint density at radius 2 is 1.93 bits per heavy atom. The lowest BCUT2D eigenvalue weighted by Gasteiger charge is -2.27. The van der Waals surface area contributed by atoms with Crippen molar-refractivity contribution >= 4 is 0 Å². The van der Waals surface area contributed by atoms with Gasteiger partial charge in [-0.1, -0.05) is 6.92 Å². The van der Waals surface area contributed by atoms with Gasteiger partial charge < -0.3 is 10.1 Å². The quantitative estimate of drug-likeness (QED) is 0.709. The predicted octanol–water partition coefficient (Wildman–Crippen LogP) is 2.97. The molecule has 1 rings (SSSR count). The van der Waals surface area contributed by atoms with Gasteiger partial charge in [0.2, 0.25) is 0 Å². The summed E-state index contributed by atoms with van der Waals surface area (Å²) in [5.74, 6) is 0.714. The summed E-state index contributed by atoms with van der Waals surface area (Å²) in [6, 6.07) is 0. The molecular weight excluding hydrogens is 186 g/mol. The monoisotopic (exact) mass is 213 g/mol. The number of hydrogen-bond donors (Lipinski definition) is 1. The number of ether oxygens (including phenoxy) is 1. The molecule has 0 amide bonds. The third-order valence-corrected chi connectivity index (χ3v) is 3.42. The van der Waals surface area contributed by atoms with Crippen molar-refractivity contribution in [1.82, 2.24) is 5.32 Å². The zero-order valence-electron chi connectivity index (χ0n) is 11.0. The first kappa shape index (κ1) is 13.0. The Kier molecular flexibility index (Phi) is 4.19. The Bertz CT molecular complexity index is 199. The Balaban J connectivity index is 2.35. The van der Waals surface area contributed by atoms with Crippen LogP contribution in [0.4, 0.5) is 0 Å². The fraction of sp³-hybridized carbons (Fsp3) is 1.00. The van der Waals surface area contributed by atoms with Crippen molar-refractivity contribution in [2.45, 2.75) is 65.1 Å². The minimum absolute atomic E-state index is 0.0652. The van der Waals surface area contributed by atoms with Crippen LogP contribution in [0.3, 0.4) is 0 Å². The number of rotatable bonds is 5. The van der Waals surface area contributed by atoms with Gasteiger partial charge in [-0.3, -0.25) is 0 Å². The Morgan fingerprint density at radius 3 is 2.40 bits per heavy atom. The summed E-state index contributed by atoms with van der Waals surface area (Å²) in [6.45, 7) is 13.3. The molecule has 0 aromatic rings. The second-order valence-corrected chi connectivity index (χ2v) is 5.86. The van der Waals surface area contributed by atoms with Gasteiger partial charge in [0.15, 0.2) is 0 Å². The highest BCUT2D eigenvalue weighted by Gasteiger charge is 2.44. The van der Waals surface area contributed by atoms with Gasteiger partial charge in [-0.2, -0.15) is 0 Å². The van der Waals surface area contributed by atoms with Gasteiger partial charge in [0.05, 0.1) is 11.2 Å². The lowest BCUT2D eigenvalue weighted by atomic mass is 9.84. The minimum Gasteiger partial charge on any atom is -0.369 e. The number of nitrogens with one attached hydrogen (secondary N) is 1. The van der Waals surface area contributed by atoms with Crippen LogP contribution in [0.15, 0.2) is 0 Å². The molecule has 0 radical (unpaired) electrons. The van der Waals surface area contributed by atoms with E-state index in [4.69, 9.17) is 4.74 Å². The van der Waals surface area contributed by atoms with Gasteiger partial charge >= 0.3 is 0 Å². The van der Waals surface area contributed by atoms with Crippen LogP contribution in [0.5, 0.6) is 0 Å². The third kappa shape index (κ3) is 3.76. The van der Waals surface area contributed by atoms with Crippen LogP contribution in [0.25, 0.3) is 0 Å². The van der Waals surface area contributed by atoms with Crippen molar-refractivity contribution in [2.75, 3.05) is 13.1 Å². The zero-order valence-corrected chi connectivity index (χ0v) is 11.0.